The number of nitrogens with zero attached hydrogens (tertiary/aromatic N) is 3. The van der Waals surface area contributed by atoms with Gasteiger partial charge in [-0.1, -0.05) is 224 Å². The quantitative estimate of drug-likeness (QED) is 0.151. The molecule has 0 unspecified atom stereocenters. The minimum absolute atomic E-state index is 0.480. The molecule has 0 radical (unpaired) electrons. The van der Waals surface area contributed by atoms with Crippen molar-refractivity contribution >= 4 is 21.7 Å². The monoisotopic (exact) mass is 801 g/mol. The first-order chi connectivity index (χ1) is 31.2. The maximum absolute atomic E-state index is 5.40. The van der Waals surface area contributed by atoms with Crippen molar-refractivity contribution in [3.8, 4) is 67.4 Å². The van der Waals surface area contributed by atoms with Gasteiger partial charge in [-0.15, -0.1) is 0 Å². The lowest BCUT2D eigenvalue weighted by atomic mass is 9.67. The molecule has 3 nitrogen and oxygen atoms in total. The molecular weight excluding hydrogens is 763 g/mol. The van der Waals surface area contributed by atoms with E-state index in [-0.39, 0.29) is 0 Å². The number of rotatable bonds is 7. The predicted molar refractivity (Wildman–Crippen MR) is 259 cm³/mol. The van der Waals surface area contributed by atoms with Gasteiger partial charge in [-0.25, -0.2) is 15.0 Å². The summed E-state index contributed by atoms with van der Waals surface area (Å²) in [5, 5.41) is 3.54. The molecule has 0 fully saturated rings. The van der Waals surface area contributed by atoms with Crippen LogP contribution in [0.5, 0.6) is 0 Å². The molecule has 0 amide bonds. The van der Waals surface area contributed by atoms with Gasteiger partial charge in [-0.05, 0) is 56.6 Å². The third-order valence-electron chi connectivity index (χ3n) is 12.8. The number of hydrogen-bond donors (Lipinski definition) is 0. The zero-order valence-corrected chi connectivity index (χ0v) is 34.4. The van der Waals surface area contributed by atoms with E-state index in [2.05, 4.69) is 200 Å². The van der Waals surface area contributed by atoms with Gasteiger partial charge >= 0.3 is 0 Å². The van der Waals surface area contributed by atoms with Crippen molar-refractivity contribution in [3.05, 3.63) is 259 Å². The number of hydrogen-bond acceptors (Lipinski definition) is 3. The summed E-state index contributed by atoms with van der Waals surface area (Å²) in [7, 11) is 0. The van der Waals surface area contributed by atoms with E-state index in [1.807, 2.05) is 36.4 Å². The topological polar surface area (TPSA) is 38.7 Å². The molecule has 0 saturated carbocycles. The third kappa shape index (κ3) is 6.01. The normalized spacial score (nSPS) is 12.6. The van der Waals surface area contributed by atoms with Gasteiger partial charge < -0.3 is 0 Å². The van der Waals surface area contributed by atoms with Crippen LogP contribution in [0.2, 0.25) is 0 Å². The third-order valence-corrected chi connectivity index (χ3v) is 12.8. The predicted octanol–water partition coefficient (Wildman–Crippen LogP) is 14.9. The van der Waals surface area contributed by atoms with E-state index in [1.54, 1.807) is 0 Å². The van der Waals surface area contributed by atoms with Crippen LogP contribution in [0.25, 0.3) is 89.1 Å². The van der Waals surface area contributed by atoms with Gasteiger partial charge in [0.25, 0.3) is 0 Å². The highest BCUT2D eigenvalue weighted by atomic mass is 14.9. The Morgan fingerprint density at radius 1 is 0.317 bits per heavy atom. The molecule has 2 heterocycles. The van der Waals surface area contributed by atoms with Crippen LogP contribution in [0, 0.1) is 0 Å². The number of aromatic nitrogens is 3. The lowest BCUT2D eigenvalue weighted by Crippen LogP contribution is -2.28. The van der Waals surface area contributed by atoms with E-state index in [9.17, 15) is 0 Å². The van der Waals surface area contributed by atoms with Crippen LogP contribution in [0.4, 0.5) is 0 Å². The van der Waals surface area contributed by atoms with Crippen molar-refractivity contribution in [1.29, 1.82) is 0 Å². The average Bonchev–Trinajstić information content (AvgIpc) is 3.68. The van der Waals surface area contributed by atoms with Crippen LogP contribution in [-0.2, 0) is 5.41 Å². The van der Waals surface area contributed by atoms with E-state index in [0.29, 0.717) is 5.82 Å². The average molecular weight is 802 g/mol. The van der Waals surface area contributed by atoms with Crippen molar-refractivity contribution in [2.45, 2.75) is 5.41 Å². The van der Waals surface area contributed by atoms with Crippen LogP contribution in [0.1, 0.15) is 22.3 Å². The molecule has 0 bridgehead atoms. The standard InChI is InChI=1S/C60H39N3/c1-5-17-42(18-6-1)54-39-55(63-59(62-54)45-19-7-2-8-20-45)43-33-29-40(30-34-43)41-31-35-44(36-32-41)58-50-37-38-52-57(56(50)49-26-14-16-28-53(49)61-58)48-25-13-15-27-51(48)60(52,46-21-9-3-10-22-46)47-23-11-4-12-24-47/h1-39H. The Bertz CT molecular complexity index is 3360. The molecule has 1 aliphatic carbocycles. The zero-order chi connectivity index (χ0) is 41.7. The highest BCUT2D eigenvalue weighted by molar-refractivity contribution is 6.19. The lowest BCUT2D eigenvalue weighted by molar-refractivity contribution is 0.769. The van der Waals surface area contributed by atoms with Crippen molar-refractivity contribution < 1.29 is 0 Å². The largest absolute Gasteiger partial charge is 0.247 e. The van der Waals surface area contributed by atoms with Crippen molar-refractivity contribution in [2.75, 3.05) is 0 Å². The summed E-state index contributed by atoms with van der Waals surface area (Å²) in [6, 6.07) is 84.5. The molecule has 0 N–H and O–H groups in total. The highest BCUT2D eigenvalue weighted by Crippen LogP contribution is 2.58. The lowest BCUT2D eigenvalue weighted by Gasteiger charge is -2.34. The first kappa shape index (κ1) is 36.6. The van der Waals surface area contributed by atoms with E-state index >= 15 is 0 Å². The second-order valence-electron chi connectivity index (χ2n) is 16.3. The Balaban J connectivity index is 0.965. The van der Waals surface area contributed by atoms with Gasteiger partial charge in [0.1, 0.15) is 0 Å². The molecule has 63 heavy (non-hydrogen) atoms. The molecule has 3 heteroatoms. The molecule has 294 valence electrons. The van der Waals surface area contributed by atoms with Crippen LogP contribution < -0.4 is 0 Å². The summed E-state index contributed by atoms with van der Waals surface area (Å²) < 4.78 is 0. The summed E-state index contributed by atoms with van der Waals surface area (Å²) in [4.78, 5) is 15.4. The van der Waals surface area contributed by atoms with Crippen LogP contribution in [-0.4, -0.2) is 15.0 Å². The molecule has 0 aliphatic heterocycles. The molecule has 0 spiro atoms. The van der Waals surface area contributed by atoms with Crippen LogP contribution in [0.15, 0.2) is 237 Å². The second-order valence-corrected chi connectivity index (χ2v) is 16.3. The van der Waals surface area contributed by atoms with E-state index in [4.69, 9.17) is 15.0 Å². The first-order valence-corrected chi connectivity index (χ1v) is 21.5. The van der Waals surface area contributed by atoms with Gasteiger partial charge in [-0.3, -0.25) is 0 Å². The van der Waals surface area contributed by atoms with E-state index < -0.39 is 5.41 Å². The number of benzene rings is 9. The van der Waals surface area contributed by atoms with Crippen molar-refractivity contribution in [3.63, 3.8) is 0 Å². The molecule has 0 saturated heterocycles. The van der Waals surface area contributed by atoms with Gasteiger partial charge in [0.2, 0.25) is 0 Å². The minimum Gasteiger partial charge on any atom is -0.247 e. The minimum atomic E-state index is -0.480. The fraction of sp³-hybridized carbons (Fsp3) is 0.0167. The molecule has 9 aromatic carbocycles. The van der Waals surface area contributed by atoms with Crippen LogP contribution >= 0.6 is 0 Å². The first-order valence-electron chi connectivity index (χ1n) is 21.5. The maximum Gasteiger partial charge on any atom is 0.160 e. The highest BCUT2D eigenvalue weighted by Gasteiger charge is 2.46. The van der Waals surface area contributed by atoms with Gasteiger partial charge in [0.05, 0.1) is 28.0 Å². The smallest absolute Gasteiger partial charge is 0.160 e. The zero-order valence-electron chi connectivity index (χ0n) is 34.4. The molecular formula is C60H39N3. The van der Waals surface area contributed by atoms with Gasteiger partial charge in [0.15, 0.2) is 5.82 Å². The van der Waals surface area contributed by atoms with Gasteiger partial charge in [0, 0.05) is 38.4 Å². The Kier molecular flexibility index (Phi) is 8.72. The Morgan fingerprint density at radius 2 is 0.810 bits per heavy atom. The second kappa shape index (κ2) is 15.0. The Labute approximate surface area is 366 Å². The van der Waals surface area contributed by atoms with Crippen molar-refractivity contribution in [2.24, 2.45) is 0 Å². The van der Waals surface area contributed by atoms with E-state index in [1.165, 1.54) is 38.8 Å². The molecule has 12 rings (SSSR count). The molecule has 1 aliphatic rings. The summed E-state index contributed by atoms with van der Waals surface area (Å²) in [6.45, 7) is 0. The maximum atomic E-state index is 5.40. The Hall–Kier alpha value is -8.27. The number of fused-ring (bicyclic) bond motifs is 7. The van der Waals surface area contributed by atoms with Crippen LogP contribution in [0.3, 0.4) is 0 Å². The molecule has 2 aromatic heterocycles. The molecule has 0 atom stereocenters. The Morgan fingerprint density at radius 3 is 1.44 bits per heavy atom. The summed E-state index contributed by atoms with van der Waals surface area (Å²) >= 11 is 0. The summed E-state index contributed by atoms with van der Waals surface area (Å²) in [5.41, 5.74) is 17.4. The SMILES string of the molecule is c1ccc(-c2cc(-c3ccc(-c4ccc(-c5nc6ccccc6c6c7c(ccc56)C(c5ccccc5)(c5ccccc5)c5ccccc5-7)cc4)cc3)nc(-c3ccccc3)n2)cc1. The number of pyridine rings is 1. The molecule has 11 aromatic rings. The number of para-hydroxylation sites is 1. The fourth-order valence-corrected chi connectivity index (χ4v) is 9.92. The van der Waals surface area contributed by atoms with Crippen molar-refractivity contribution in [1.82, 2.24) is 15.0 Å². The summed E-state index contributed by atoms with van der Waals surface area (Å²) in [5.74, 6) is 0.710. The van der Waals surface area contributed by atoms with E-state index in [0.717, 1.165) is 66.8 Å². The fourth-order valence-electron chi connectivity index (χ4n) is 9.92. The summed E-state index contributed by atoms with van der Waals surface area (Å²) in [6.07, 6.45) is 0. The van der Waals surface area contributed by atoms with Gasteiger partial charge in [-0.2, -0.15) is 0 Å².